The Labute approximate surface area is 165 Å². The van der Waals surface area contributed by atoms with E-state index in [1.54, 1.807) is 6.08 Å². The SMILES string of the molecule is C=CCOc1ccccc1NCC(=O)Nc1cccc(OCC2CCCO2)c1. The van der Waals surface area contributed by atoms with Crippen LogP contribution in [0, 0.1) is 0 Å². The number of nitrogens with one attached hydrogen (secondary N) is 2. The minimum absolute atomic E-state index is 0.120. The first-order valence-corrected chi connectivity index (χ1v) is 9.45. The Bertz CT molecular complexity index is 788. The number of hydrogen-bond donors (Lipinski definition) is 2. The van der Waals surface area contributed by atoms with Crippen molar-refractivity contribution in [3.8, 4) is 11.5 Å². The van der Waals surface area contributed by atoms with Crippen LogP contribution in [-0.2, 0) is 9.53 Å². The van der Waals surface area contributed by atoms with Crippen LogP contribution in [0.25, 0.3) is 0 Å². The lowest BCUT2D eigenvalue weighted by molar-refractivity contribution is -0.114. The van der Waals surface area contributed by atoms with Crippen LogP contribution in [0.1, 0.15) is 12.8 Å². The average Bonchev–Trinajstić information content (AvgIpc) is 3.24. The Morgan fingerprint density at radius 2 is 2.11 bits per heavy atom. The summed E-state index contributed by atoms with van der Waals surface area (Å²) in [4.78, 5) is 12.3. The van der Waals surface area contributed by atoms with Crippen molar-refractivity contribution < 1.29 is 19.0 Å². The molecular formula is C22H26N2O4. The topological polar surface area (TPSA) is 68.8 Å². The molecule has 2 aromatic rings. The molecule has 1 saturated heterocycles. The lowest BCUT2D eigenvalue weighted by Crippen LogP contribution is -2.22. The van der Waals surface area contributed by atoms with Crippen LogP contribution in [0.2, 0.25) is 0 Å². The van der Waals surface area contributed by atoms with Gasteiger partial charge >= 0.3 is 0 Å². The number of benzene rings is 2. The molecule has 2 N–H and O–H groups in total. The first kappa shape index (κ1) is 19.8. The van der Waals surface area contributed by atoms with Crippen molar-refractivity contribution >= 4 is 17.3 Å². The molecule has 1 amide bonds. The summed E-state index contributed by atoms with van der Waals surface area (Å²) in [6.45, 7) is 5.50. The first-order chi connectivity index (χ1) is 13.7. The first-order valence-electron chi connectivity index (χ1n) is 9.45. The molecule has 148 valence electrons. The highest BCUT2D eigenvalue weighted by molar-refractivity contribution is 5.94. The largest absolute Gasteiger partial charge is 0.491 e. The molecule has 3 rings (SSSR count). The van der Waals surface area contributed by atoms with Gasteiger partial charge in [-0.2, -0.15) is 0 Å². The third-order valence-electron chi connectivity index (χ3n) is 4.26. The van der Waals surface area contributed by atoms with Gasteiger partial charge < -0.3 is 24.8 Å². The van der Waals surface area contributed by atoms with Crippen LogP contribution in [0.5, 0.6) is 11.5 Å². The molecule has 0 spiro atoms. The molecule has 1 unspecified atom stereocenters. The van der Waals surface area contributed by atoms with Crippen molar-refractivity contribution in [2.75, 3.05) is 37.0 Å². The highest BCUT2D eigenvalue weighted by Gasteiger charge is 2.16. The van der Waals surface area contributed by atoms with E-state index < -0.39 is 0 Å². The molecule has 6 heteroatoms. The third kappa shape index (κ3) is 6.03. The molecule has 1 fully saturated rings. The zero-order chi connectivity index (χ0) is 19.6. The van der Waals surface area contributed by atoms with E-state index in [2.05, 4.69) is 17.2 Å². The molecule has 1 aliphatic rings. The van der Waals surface area contributed by atoms with E-state index in [0.717, 1.165) is 25.1 Å². The predicted octanol–water partition coefficient (Wildman–Crippen LogP) is 3.86. The second-order valence-corrected chi connectivity index (χ2v) is 6.47. The summed E-state index contributed by atoms with van der Waals surface area (Å²) in [5.74, 6) is 1.24. The predicted molar refractivity (Wildman–Crippen MR) is 110 cm³/mol. The fraction of sp³-hybridized carbons (Fsp3) is 0.318. The van der Waals surface area contributed by atoms with E-state index in [9.17, 15) is 4.79 Å². The van der Waals surface area contributed by atoms with Gasteiger partial charge in [-0.25, -0.2) is 0 Å². The average molecular weight is 382 g/mol. The second kappa shape index (κ2) is 10.4. The highest BCUT2D eigenvalue weighted by atomic mass is 16.5. The van der Waals surface area contributed by atoms with Crippen molar-refractivity contribution in [2.45, 2.75) is 18.9 Å². The molecule has 1 heterocycles. The fourth-order valence-electron chi connectivity index (χ4n) is 2.90. The van der Waals surface area contributed by atoms with Crippen LogP contribution in [-0.4, -0.2) is 38.4 Å². The van der Waals surface area contributed by atoms with Gasteiger partial charge in [-0.3, -0.25) is 4.79 Å². The summed E-state index contributed by atoms with van der Waals surface area (Å²) in [6, 6.07) is 14.8. The number of para-hydroxylation sites is 2. The van der Waals surface area contributed by atoms with Crippen LogP contribution in [0.3, 0.4) is 0 Å². The van der Waals surface area contributed by atoms with Crippen molar-refractivity contribution in [3.63, 3.8) is 0 Å². The Morgan fingerprint density at radius 1 is 1.21 bits per heavy atom. The Kier molecular flexibility index (Phi) is 7.32. The van der Waals surface area contributed by atoms with Crippen LogP contribution in [0.15, 0.2) is 61.2 Å². The van der Waals surface area contributed by atoms with Gasteiger partial charge in [0.15, 0.2) is 0 Å². The molecular weight excluding hydrogens is 356 g/mol. The smallest absolute Gasteiger partial charge is 0.243 e. The molecule has 6 nitrogen and oxygen atoms in total. The van der Waals surface area contributed by atoms with Crippen molar-refractivity contribution in [1.29, 1.82) is 0 Å². The van der Waals surface area contributed by atoms with Crippen molar-refractivity contribution in [1.82, 2.24) is 0 Å². The summed E-state index contributed by atoms with van der Waals surface area (Å²) in [6.07, 6.45) is 3.95. The second-order valence-electron chi connectivity index (χ2n) is 6.47. The Hall–Kier alpha value is -2.99. The van der Waals surface area contributed by atoms with Crippen LogP contribution >= 0.6 is 0 Å². The van der Waals surface area contributed by atoms with Gasteiger partial charge in [0.25, 0.3) is 0 Å². The molecule has 0 saturated carbocycles. The van der Waals surface area contributed by atoms with E-state index in [0.29, 0.717) is 30.4 Å². The fourth-order valence-corrected chi connectivity index (χ4v) is 2.90. The lowest BCUT2D eigenvalue weighted by atomic mass is 10.2. The number of carbonyl (C=O) groups excluding carboxylic acids is 1. The van der Waals surface area contributed by atoms with Crippen LogP contribution < -0.4 is 20.1 Å². The molecule has 0 bridgehead atoms. The lowest BCUT2D eigenvalue weighted by Gasteiger charge is -2.14. The van der Waals surface area contributed by atoms with Gasteiger partial charge in [0.2, 0.25) is 5.91 Å². The number of carbonyl (C=O) groups is 1. The van der Waals surface area contributed by atoms with Crippen molar-refractivity contribution in [3.05, 3.63) is 61.2 Å². The Morgan fingerprint density at radius 3 is 2.93 bits per heavy atom. The number of amides is 1. The summed E-state index contributed by atoms with van der Waals surface area (Å²) in [7, 11) is 0. The van der Waals surface area contributed by atoms with E-state index >= 15 is 0 Å². The maximum Gasteiger partial charge on any atom is 0.243 e. The number of ether oxygens (including phenoxy) is 3. The molecule has 1 atom stereocenters. The van der Waals surface area contributed by atoms with E-state index in [4.69, 9.17) is 14.2 Å². The monoisotopic (exact) mass is 382 g/mol. The van der Waals surface area contributed by atoms with Crippen LogP contribution in [0.4, 0.5) is 11.4 Å². The summed E-state index contributed by atoms with van der Waals surface area (Å²) in [5.41, 5.74) is 1.45. The van der Waals surface area contributed by atoms with Gasteiger partial charge in [-0.15, -0.1) is 0 Å². The quantitative estimate of drug-likeness (QED) is 0.611. The number of rotatable bonds is 10. The van der Waals surface area contributed by atoms with Gasteiger partial charge in [-0.05, 0) is 37.1 Å². The van der Waals surface area contributed by atoms with Crippen molar-refractivity contribution in [2.24, 2.45) is 0 Å². The standard InChI is InChI=1S/C22H26N2O4/c1-2-12-27-21-11-4-3-10-20(21)23-15-22(25)24-17-7-5-8-18(14-17)28-16-19-9-6-13-26-19/h2-5,7-8,10-11,14,19,23H,1,6,9,12-13,15-16H2,(H,24,25). The maximum absolute atomic E-state index is 12.3. The molecule has 0 radical (unpaired) electrons. The third-order valence-corrected chi connectivity index (χ3v) is 4.26. The van der Waals surface area contributed by atoms with E-state index in [1.807, 2.05) is 48.5 Å². The zero-order valence-corrected chi connectivity index (χ0v) is 15.9. The normalized spacial score (nSPS) is 15.6. The maximum atomic E-state index is 12.3. The van der Waals surface area contributed by atoms with Gasteiger partial charge in [0, 0.05) is 18.4 Å². The molecule has 0 aliphatic carbocycles. The number of hydrogen-bond acceptors (Lipinski definition) is 5. The summed E-state index contributed by atoms with van der Waals surface area (Å²) < 4.78 is 16.9. The summed E-state index contributed by atoms with van der Waals surface area (Å²) >= 11 is 0. The summed E-state index contributed by atoms with van der Waals surface area (Å²) in [5, 5.41) is 5.97. The molecule has 28 heavy (non-hydrogen) atoms. The minimum Gasteiger partial charge on any atom is -0.491 e. The van der Waals surface area contributed by atoms with Gasteiger partial charge in [0.05, 0.1) is 18.3 Å². The Balaban J connectivity index is 1.49. The van der Waals surface area contributed by atoms with Gasteiger partial charge in [0.1, 0.15) is 24.7 Å². The minimum atomic E-state index is -0.158. The highest BCUT2D eigenvalue weighted by Crippen LogP contribution is 2.24. The van der Waals surface area contributed by atoms with Gasteiger partial charge in [-0.1, -0.05) is 30.9 Å². The van der Waals surface area contributed by atoms with E-state index in [-0.39, 0.29) is 18.6 Å². The van der Waals surface area contributed by atoms with E-state index in [1.165, 1.54) is 0 Å². The zero-order valence-electron chi connectivity index (χ0n) is 15.9. The molecule has 2 aromatic carbocycles. The molecule has 0 aromatic heterocycles. The molecule has 1 aliphatic heterocycles. The number of anilines is 2.